The summed E-state index contributed by atoms with van der Waals surface area (Å²) in [7, 11) is 0. The van der Waals surface area contributed by atoms with Crippen LogP contribution in [0.3, 0.4) is 0 Å². The van der Waals surface area contributed by atoms with Gasteiger partial charge in [0.1, 0.15) is 5.75 Å². The molecule has 1 saturated heterocycles. The molecule has 3 atom stereocenters. The molecule has 0 aromatic heterocycles. The fourth-order valence-corrected chi connectivity index (χ4v) is 2.91. The molecule has 1 aromatic carbocycles. The van der Waals surface area contributed by atoms with Gasteiger partial charge in [0.05, 0.1) is 12.1 Å². The summed E-state index contributed by atoms with van der Waals surface area (Å²) in [5, 5.41) is 6.53. The summed E-state index contributed by atoms with van der Waals surface area (Å²) < 4.78 is 5.72. The lowest BCUT2D eigenvalue weighted by Crippen LogP contribution is -2.42. The molecule has 2 rings (SSSR count). The fourth-order valence-electron chi connectivity index (χ4n) is 2.91. The Kier molecular flexibility index (Phi) is 5.83. The van der Waals surface area contributed by atoms with Crippen LogP contribution in [0.25, 0.3) is 0 Å². The third-order valence-corrected chi connectivity index (χ3v) is 4.08. The number of piperidine rings is 1. The van der Waals surface area contributed by atoms with E-state index in [1.165, 1.54) is 0 Å². The van der Waals surface area contributed by atoms with Crippen molar-refractivity contribution in [1.29, 1.82) is 0 Å². The second kappa shape index (κ2) is 7.63. The number of nitrogens with one attached hydrogen (secondary N) is 2. The van der Waals surface area contributed by atoms with Gasteiger partial charge < -0.3 is 15.4 Å². The van der Waals surface area contributed by atoms with Gasteiger partial charge in [0, 0.05) is 12.0 Å². The van der Waals surface area contributed by atoms with Gasteiger partial charge in [0.15, 0.2) is 0 Å². The lowest BCUT2D eigenvalue weighted by atomic mass is 9.92. The summed E-state index contributed by atoms with van der Waals surface area (Å²) in [5.74, 6) is 1.13. The van der Waals surface area contributed by atoms with E-state index >= 15 is 0 Å². The Hall–Kier alpha value is -1.55. The molecule has 1 unspecified atom stereocenters. The molecule has 22 heavy (non-hydrogen) atoms. The maximum absolute atomic E-state index is 12.4. The summed E-state index contributed by atoms with van der Waals surface area (Å²) in [4.78, 5) is 12.4. The quantitative estimate of drug-likeness (QED) is 0.879. The highest BCUT2D eigenvalue weighted by Gasteiger charge is 2.25. The molecular weight excluding hydrogens is 276 g/mol. The Labute approximate surface area is 133 Å². The smallest absolute Gasteiger partial charge is 0.223 e. The standard InChI is InChI=1S/C18H28N2O2/c1-12(2)22-17-7-5-6-15(11-17)14(4)20-18(21)16-8-9-19-13(3)10-16/h5-7,11-14,16,19H,8-10H2,1-4H3,(H,20,21)/t13-,14?,16-/m0/s1. The van der Waals surface area contributed by atoms with Crippen LogP contribution in [0, 0.1) is 5.92 Å². The molecule has 1 aliphatic heterocycles. The largest absolute Gasteiger partial charge is 0.491 e. The van der Waals surface area contributed by atoms with Gasteiger partial charge in [0.2, 0.25) is 5.91 Å². The van der Waals surface area contributed by atoms with E-state index in [1.807, 2.05) is 45.0 Å². The van der Waals surface area contributed by atoms with Crippen LogP contribution in [-0.2, 0) is 4.79 Å². The van der Waals surface area contributed by atoms with Crippen molar-refractivity contribution in [3.8, 4) is 5.75 Å². The number of ether oxygens (including phenoxy) is 1. The van der Waals surface area contributed by atoms with Crippen molar-refractivity contribution in [2.75, 3.05) is 6.54 Å². The molecule has 122 valence electrons. The maximum Gasteiger partial charge on any atom is 0.223 e. The van der Waals surface area contributed by atoms with Gasteiger partial charge in [-0.25, -0.2) is 0 Å². The molecule has 0 radical (unpaired) electrons. The molecule has 0 spiro atoms. The average molecular weight is 304 g/mol. The Morgan fingerprint density at radius 2 is 2.14 bits per heavy atom. The van der Waals surface area contributed by atoms with Gasteiger partial charge >= 0.3 is 0 Å². The number of hydrogen-bond acceptors (Lipinski definition) is 3. The Morgan fingerprint density at radius 1 is 1.36 bits per heavy atom. The topological polar surface area (TPSA) is 50.4 Å². The third kappa shape index (κ3) is 4.73. The fraction of sp³-hybridized carbons (Fsp3) is 0.611. The van der Waals surface area contributed by atoms with Crippen molar-refractivity contribution in [2.24, 2.45) is 5.92 Å². The predicted octanol–water partition coefficient (Wildman–Crippen LogP) is 3.04. The Balaban J connectivity index is 1.96. The van der Waals surface area contributed by atoms with Crippen molar-refractivity contribution in [2.45, 2.75) is 58.7 Å². The summed E-state index contributed by atoms with van der Waals surface area (Å²) in [6.07, 6.45) is 1.98. The number of carbonyl (C=O) groups excluding carboxylic acids is 1. The zero-order chi connectivity index (χ0) is 16.1. The van der Waals surface area contributed by atoms with E-state index in [1.54, 1.807) is 0 Å². The Bertz CT molecular complexity index is 502. The minimum absolute atomic E-state index is 0.00611. The summed E-state index contributed by atoms with van der Waals surface area (Å²) >= 11 is 0. The minimum Gasteiger partial charge on any atom is -0.491 e. The number of rotatable bonds is 5. The van der Waals surface area contributed by atoms with Gasteiger partial charge in [0.25, 0.3) is 0 Å². The SMILES string of the molecule is CC(C)Oc1cccc(C(C)NC(=O)[C@H]2CCN[C@@H](C)C2)c1. The molecule has 0 saturated carbocycles. The molecule has 4 heteroatoms. The first-order valence-corrected chi connectivity index (χ1v) is 8.26. The molecule has 1 amide bonds. The van der Waals surface area contributed by atoms with Crippen molar-refractivity contribution in [3.05, 3.63) is 29.8 Å². The third-order valence-electron chi connectivity index (χ3n) is 4.08. The highest BCUT2D eigenvalue weighted by atomic mass is 16.5. The van der Waals surface area contributed by atoms with Crippen LogP contribution in [0.5, 0.6) is 5.75 Å². The highest BCUT2D eigenvalue weighted by molar-refractivity contribution is 5.79. The first-order valence-electron chi connectivity index (χ1n) is 8.26. The molecule has 1 aliphatic rings. The molecular formula is C18H28N2O2. The molecule has 2 N–H and O–H groups in total. The van der Waals surface area contributed by atoms with Crippen LogP contribution in [0.4, 0.5) is 0 Å². The summed E-state index contributed by atoms with van der Waals surface area (Å²) in [6, 6.07) is 8.38. The van der Waals surface area contributed by atoms with Crippen molar-refractivity contribution in [1.82, 2.24) is 10.6 Å². The minimum atomic E-state index is -0.00611. The van der Waals surface area contributed by atoms with Crippen LogP contribution in [0.1, 0.15) is 52.1 Å². The second-order valence-electron chi connectivity index (χ2n) is 6.55. The molecule has 0 aliphatic carbocycles. The zero-order valence-corrected chi connectivity index (χ0v) is 14.1. The van der Waals surface area contributed by atoms with Gasteiger partial charge in [-0.1, -0.05) is 12.1 Å². The Morgan fingerprint density at radius 3 is 2.82 bits per heavy atom. The van der Waals surface area contributed by atoms with Crippen LogP contribution in [-0.4, -0.2) is 24.6 Å². The highest BCUT2D eigenvalue weighted by Crippen LogP contribution is 2.22. The normalized spacial score (nSPS) is 23.1. The molecule has 4 nitrogen and oxygen atoms in total. The lowest BCUT2D eigenvalue weighted by molar-refractivity contribution is -0.126. The van der Waals surface area contributed by atoms with E-state index in [-0.39, 0.29) is 24.0 Å². The van der Waals surface area contributed by atoms with Crippen LogP contribution < -0.4 is 15.4 Å². The van der Waals surface area contributed by atoms with Gasteiger partial charge in [-0.2, -0.15) is 0 Å². The molecule has 1 heterocycles. The van der Waals surface area contributed by atoms with Gasteiger partial charge in [-0.15, -0.1) is 0 Å². The van der Waals surface area contributed by atoms with Crippen molar-refractivity contribution in [3.63, 3.8) is 0 Å². The number of benzene rings is 1. The van der Waals surface area contributed by atoms with Crippen LogP contribution in [0.2, 0.25) is 0 Å². The second-order valence-corrected chi connectivity index (χ2v) is 6.55. The first kappa shape index (κ1) is 16.8. The molecule has 1 fully saturated rings. The van der Waals surface area contributed by atoms with Gasteiger partial charge in [-0.3, -0.25) is 4.79 Å². The summed E-state index contributed by atoms with van der Waals surface area (Å²) in [5.41, 5.74) is 1.08. The zero-order valence-electron chi connectivity index (χ0n) is 14.1. The van der Waals surface area contributed by atoms with Crippen molar-refractivity contribution >= 4 is 5.91 Å². The van der Waals surface area contributed by atoms with Gasteiger partial charge in [-0.05, 0) is 64.8 Å². The maximum atomic E-state index is 12.4. The van der Waals surface area contributed by atoms with Crippen molar-refractivity contribution < 1.29 is 9.53 Å². The monoisotopic (exact) mass is 304 g/mol. The van der Waals surface area contributed by atoms with E-state index in [2.05, 4.69) is 17.6 Å². The van der Waals surface area contributed by atoms with E-state index in [9.17, 15) is 4.79 Å². The average Bonchev–Trinajstić information content (AvgIpc) is 2.46. The van der Waals surface area contributed by atoms with E-state index in [4.69, 9.17) is 4.74 Å². The lowest BCUT2D eigenvalue weighted by Gasteiger charge is -2.28. The predicted molar refractivity (Wildman–Crippen MR) is 89.0 cm³/mol. The van der Waals surface area contributed by atoms with E-state index in [0.717, 1.165) is 30.7 Å². The van der Waals surface area contributed by atoms with E-state index < -0.39 is 0 Å². The summed E-state index contributed by atoms with van der Waals surface area (Å²) in [6.45, 7) is 9.10. The molecule has 1 aromatic rings. The number of carbonyl (C=O) groups is 1. The van der Waals surface area contributed by atoms with E-state index in [0.29, 0.717) is 6.04 Å². The number of hydrogen-bond donors (Lipinski definition) is 2. The molecule has 0 bridgehead atoms. The number of amides is 1. The first-order chi connectivity index (χ1) is 10.5. The van der Waals surface area contributed by atoms with Crippen LogP contribution in [0.15, 0.2) is 24.3 Å². The van der Waals surface area contributed by atoms with Crippen LogP contribution >= 0.6 is 0 Å².